The van der Waals surface area contributed by atoms with Gasteiger partial charge in [-0.2, -0.15) is 0 Å². The number of amides is 3. The van der Waals surface area contributed by atoms with Crippen LogP contribution in [0.5, 0.6) is 0 Å². The molecular weight excluding hydrogens is 369 g/mol. The summed E-state index contributed by atoms with van der Waals surface area (Å²) in [5, 5.41) is 6.94. The molecule has 0 aliphatic carbocycles. The summed E-state index contributed by atoms with van der Waals surface area (Å²) in [5.74, 6) is -1.38. The summed E-state index contributed by atoms with van der Waals surface area (Å²) < 4.78 is 4.63. The van der Waals surface area contributed by atoms with Gasteiger partial charge in [0, 0.05) is 29.2 Å². The summed E-state index contributed by atoms with van der Waals surface area (Å²) in [4.78, 5) is 44.1. The highest BCUT2D eigenvalue weighted by molar-refractivity contribution is 14.1. The van der Waals surface area contributed by atoms with Gasteiger partial charge in [0.1, 0.15) is 6.61 Å². The van der Waals surface area contributed by atoms with Gasteiger partial charge in [0.05, 0.1) is 19.6 Å². The van der Waals surface area contributed by atoms with Gasteiger partial charge in [-0.1, -0.05) is 0 Å². The van der Waals surface area contributed by atoms with Crippen LogP contribution in [0.1, 0.15) is 6.92 Å². The fourth-order valence-electron chi connectivity index (χ4n) is 0.897. The van der Waals surface area contributed by atoms with Crippen LogP contribution in [-0.2, 0) is 23.9 Å². The van der Waals surface area contributed by atoms with Crippen molar-refractivity contribution in [1.82, 2.24) is 16.0 Å². The molecule has 108 valence electrons. The lowest BCUT2D eigenvalue weighted by Gasteiger charge is -2.07. The van der Waals surface area contributed by atoms with Crippen molar-refractivity contribution in [2.24, 2.45) is 0 Å². The van der Waals surface area contributed by atoms with E-state index >= 15 is 0 Å². The minimum Gasteiger partial charge on any atom is -0.372 e. The monoisotopic (exact) mass is 385 g/mol. The third-order valence-electron chi connectivity index (χ3n) is 1.75. The SMILES string of the molecule is CCOCC(=O)NCC(=O)NCC(=O)NCC(=O)I. The molecule has 0 aromatic carbocycles. The van der Waals surface area contributed by atoms with Gasteiger partial charge < -0.3 is 20.7 Å². The van der Waals surface area contributed by atoms with Crippen molar-refractivity contribution in [1.29, 1.82) is 0 Å². The van der Waals surface area contributed by atoms with Crippen LogP contribution in [0.3, 0.4) is 0 Å². The molecule has 19 heavy (non-hydrogen) atoms. The molecule has 0 saturated heterocycles. The van der Waals surface area contributed by atoms with E-state index in [1.54, 1.807) is 29.5 Å². The second kappa shape index (κ2) is 10.7. The summed E-state index contributed by atoms with van der Waals surface area (Å²) in [5.41, 5.74) is 0. The van der Waals surface area contributed by atoms with E-state index < -0.39 is 17.7 Å². The number of halogens is 1. The largest absolute Gasteiger partial charge is 0.372 e. The zero-order valence-electron chi connectivity index (χ0n) is 10.5. The van der Waals surface area contributed by atoms with Gasteiger partial charge in [-0.3, -0.25) is 19.2 Å². The lowest BCUT2D eigenvalue weighted by atomic mass is 10.5. The van der Waals surface area contributed by atoms with E-state index in [1.807, 2.05) is 0 Å². The van der Waals surface area contributed by atoms with Crippen molar-refractivity contribution >= 4 is 44.1 Å². The number of rotatable bonds is 9. The Morgan fingerprint density at radius 3 is 1.84 bits per heavy atom. The molecule has 0 spiro atoms. The van der Waals surface area contributed by atoms with E-state index in [4.69, 9.17) is 4.74 Å². The molecule has 0 aliphatic heterocycles. The second-order valence-corrected chi connectivity index (χ2v) is 4.53. The Labute approximate surface area is 124 Å². The minimum atomic E-state index is -0.499. The van der Waals surface area contributed by atoms with Gasteiger partial charge in [0.2, 0.25) is 21.5 Å². The Kier molecular flexibility index (Phi) is 9.98. The molecule has 8 nitrogen and oxygen atoms in total. The summed E-state index contributed by atoms with van der Waals surface area (Å²) in [6.45, 7) is 1.49. The fraction of sp³-hybridized carbons (Fsp3) is 0.600. The molecule has 0 unspecified atom stereocenters. The van der Waals surface area contributed by atoms with Crippen LogP contribution < -0.4 is 16.0 Å². The topological polar surface area (TPSA) is 114 Å². The molecule has 9 heteroatoms. The first-order valence-electron chi connectivity index (χ1n) is 5.51. The minimum absolute atomic E-state index is 0.0830. The summed E-state index contributed by atoms with van der Waals surface area (Å²) in [6, 6.07) is 0. The molecule has 0 fully saturated rings. The first kappa shape index (κ1) is 17.8. The average Bonchev–Trinajstić information content (AvgIpc) is 2.37. The molecule has 0 aliphatic rings. The maximum Gasteiger partial charge on any atom is 0.246 e. The van der Waals surface area contributed by atoms with Crippen molar-refractivity contribution < 1.29 is 23.9 Å². The molecular formula is C10H16IN3O5. The van der Waals surface area contributed by atoms with Crippen LogP contribution in [-0.4, -0.2) is 54.4 Å². The van der Waals surface area contributed by atoms with E-state index in [-0.39, 0.29) is 30.0 Å². The third kappa shape index (κ3) is 11.6. The third-order valence-corrected chi connectivity index (χ3v) is 2.14. The Balaban J connectivity index is 3.66. The van der Waals surface area contributed by atoms with E-state index in [1.165, 1.54) is 0 Å². The number of hydrogen-bond acceptors (Lipinski definition) is 5. The summed E-state index contributed by atoms with van der Waals surface area (Å²) >= 11 is 1.55. The Morgan fingerprint density at radius 1 is 0.895 bits per heavy atom. The molecule has 0 aromatic heterocycles. The molecule has 0 saturated carbocycles. The van der Waals surface area contributed by atoms with Gasteiger partial charge >= 0.3 is 0 Å². The summed E-state index contributed by atoms with van der Waals surface area (Å²) in [6.07, 6.45) is 0. The van der Waals surface area contributed by atoms with E-state index in [0.717, 1.165) is 0 Å². The quantitative estimate of drug-likeness (QED) is 0.325. The predicted octanol–water partition coefficient (Wildman–Crippen LogP) is -1.67. The van der Waals surface area contributed by atoms with Crippen molar-refractivity contribution in [3.63, 3.8) is 0 Å². The second-order valence-electron chi connectivity index (χ2n) is 3.32. The van der Waals surface area contributed by atoms with Crippen LogP contribution in [0.25, 0.3) is 0 Å². The molecule has 3 N–H and O–H groups in total. The van der Waals surface area contributed by atoms with Gasteiger partial charge in [0.15, 0.2) is 0 Å². The van der Waals surface area contributed by atoms with Crippen molar-refractivity contribution in [3.8, 4) is 0 Å². The van der Waals surface area contributed by atoms with Crippen molar-refractivity contribution in [3.05, 3.63) is 0 Å². The summed E-state index contributed by atoms with van der Waals surface area (Å²) in [7, 11) is 0. The predicted molar refractivity (Wildman–Crippen MR) is 74.5 cm³/mol. The Hall–Kier alpha value is -1.23. The van der Waals surface area contributed by atoms with Gasteiger partial charge in [0.25, 0.3) is 0 Å². The van der Waals surface area contributed by atoms with Gasteiger partial charge in [-0.25, -0.2) is 0 Å². The molecule has 0 atom stereocenters. The molecule has 0 radical (unpaired) electrons. The molecule has 0 aromatic rings. The highest BCUT2D eigenvalue weighted by Crippen LogP contribution is 1.81. The lowest BCUT2D eigenvalue weighted by molar-refractivity contribution is -0.129. The van der Waals surface area contributed by atoms with Crippen molar-refractivity contribution in [2.45, 2.75) is 6.92 Å². The zero-order chi connectivity index (χ0) is 14.7. The van der Waals surface area contributed by atoms with Gasteiger partial charge in [-0.05, 0) is 6.92 Å². The Morgan fingerprint density at radius 2 is 1.37 bits per heavy atom. The highest BCUT2D eigenvalue weighted by atomic mass is 127. The van der Waals surface area contributed by atoms with E-state index in [0.29, 0.717) is 6.61 Å². The van der Waals surface area contributed by atoms with Crippen LogP contribution in [0.15, 0.2) is 0 Å². The lowest BCUT2D eigenvalue weighted by Crippen LogP contribution is -2.43. The van der Waals surface area contributed by atoms with E-state index in [2.05, 4.69) is 16.0 Å². The first-order valence-corrected chi connectivity index (χ1v) is 6.59. The molecule has 0 heterocycles. The van der Waals surface area contributed by atoms with Crippen LogP contribution in [0.4, 0.5) is 0 Å². The standard InChI is InChI=1S/C10H16IN3O5/c1-2-19-6-10(18)14-5-9(17)13-4-8(16)12-3-7(11)15/h2-6H2,1H3,(H,12,16)(H,13,17)(H,14,18). The molecule has 3 amide bonds. The van der Waals surface area contributed by atoms with Crippen LogP contribution in [0.2, 0.25) is 0 Å². The zero-order valence-corrected chi connectivity index (χ0v) is 12.6. The first-order chi connectivity index (χ1) is 8.95. The van der Waals surface area contributed by atoms with Gasteiger partial charge in [-0.15, -0.1) is 0 Å². The molecule has 0 bridgehead atoms. The number of hydrogen-bond donors (Lipinski definition) is 3. The maximum atomic E-state index is 11.2. The number of carbonyl (C=O) groups is 4. The molecule has 0 rings (SSSR count). The Bertz CT molecular complexity index is 348. The smallest absolute Gasteiger partial charge is 0.246 e. The number of nitrogens with one attached hydrogen (secondary N) is 3. The maximum absolute atomic E-state index is 11.2. The average molecular weight is 385 g/mol. The fourth-order valence-corrected chi connectivity index (χ4v) is 1.09. The number of ether oxygens (including phenoxy) is 1. The van der Waals surface area contributed by atoms with Crippen molar-refractivity contribution in [2.75, 3.05) is 32.8 Å². The van der Waals surface area contributed by atoms with Crippen LogP contribution >= 0.6 is 22.6 Å². The highest BCUT2D eigenvalue weighted by Gasteiger charge is 2.08. The number of carbonyl (C=O) groups excluding carboxylic acids is 4. The normalized spacial score (nSPS) is 9.58. The van der Waals surface area contributed by atoms with Crippen LogP contribution in [0, 0.1) is 0 Å². The van der Waals surface area contributed by atoms with E-state index in [9.17, 15) is 19.2 Å².